The van der Waals surface area contributed by atoms with Gasteiger partial charge in [-0.25, -0.2) is 4.39 Å². The number of anilines is 1. The van der Waals surface area contributed by atoms with Crippen LogP contribution in [0.3, 0.4) is 0 Å². The average Bonchev–Trinajstić information content (AvgIpc) is 3.20. The fraction of sp³-hybridized carbons (Fsp3) is 0.647. The highest BCUT2D eigenvalue weighted by atomic mass is 19.1. The lowest BCUT2D eigenvalue weighted by atomic mass is 10.1. The number of hydrogen-bond acceptors (Lipinski definition) is 3. The highest BCUT2D eigenvalue weighted by molar-refractivity contribution is 5.55. The SMILES string of the molecule is OCCCC1CCCN1c1ccc(F)cc1CNC1CC1. The van der Waals surface area contributed by atoms with Crippen molar-refractivity contribution in [2.75, 3.05) is 18.1 Å². The number of benzene rings is 1. The molecule has 0 radical (unpaired) electrons. The van der Waals surface area contributed by atoms with Crippen molar-refractivity contribution in [2.45, 2.75) is 57.2 Å². The Morgan fingerprint density at radius 3 is 2.90 bits per heavy atom. The molecule has 1 aromatic rings. The first-order valence-corrected chi connectivity index (χ1v) is 8.17. The van der Waals surface area contributed by atoms with Crippen LogP contribution in [0.25, 0.3) is 0 Å². The second-order valence-electron chi connectivity index (χ2n) is 6.28. The minimum Gasteiger partial charge on any atom is -0.396 e. The van der Waals surface area contributed by atoms with E-state index in [9.17, 15) is 4.39 Å². The minimum atomic E-state index is -0.155. The maximum atomic E-state index is 13.6. The Hall–Kier alpha value is -1.13. The van der Waals surface area contributed by atoms with Crippen LogP contribution in [-0.2, 0) is 6.54 Å². The number of halogens is 1. The Morgan fingerprint density at radius 1 is 1.29 bits per heavy atom. The van der Waals surface area contributed by atoms with Gasteiger partial charge in [-0.1, -0.05) is 0 Å². The van der Waals surface area contributed by atoms with Crippen molar-refractivity contribution in [3.05, 3.63) is 29.6 Å². The van der Waals surface area contributed by atoms with Crippen LogP contribution in [0, 0.1) is 5.82 Å². The van der Waals surface area contributed by atoms with Crippen molar-refractivity contribution >= 4 is 5.69 Å². The van der Waals surface area contributed by atoms with Gasteiger partial charge in [0.25, 0.3) is 0 Å². The molecule has 1 aliphatic heterocycles. The smallest absolute Gasteiger partial charge is 0.123 e. The Balaban J connectivity index is 1.75. The van der Waals surface area contributed by atoms with E-state index in [0.29, 0.717) is 12.1 Å². The van der Waals surface area contributed by atoms with Gasteiger partial charge < -0.3 is 15.3 Å². The molecule has 0 aromatic heterocycles. The molecule has 1 atom stereocenters. The quantitative estimate of drug-likeness (QED) is 0.811. The van der Waals surface area contributed by atoms with E-state index >= 15 is 0 Å². The van der Waals surface area contributed by atoms with Gasteiger partial charge in [-0.2, -0.15) is 0 Å². The van der Waals surface area contributed by atoms with Crippen LogP contribution in [0.5, 0.6) is 0 Å². The van der Waals surface area contributed by atoms with Crippen molar-refractivity contribution in [2.24, 2.45) is 0 Å². The molecule has 3 nitrogen and oxygen atoms in total. The van der Waals surface area contributed by atoms with E-state index in [4.69, 9.17) is 5.11 Å². The molecule has 2 N–H and O–H groups in total. The molecule has 3 rings (SSSR count). The van der Waals surface area contributed by atoms with E-state index < -0.39 is 0 Å². The van der Waals surface area contributed by atoms with Gasteiger partial charge in [-0.05, 0) is 62.3 Å². The largest absolute Gasteiger partial charge is 0.396 e. The Morgan fingerprint density at radius 2 is 2.14 bits per heavy atom. The van der Waals surface area contributed by atoms with Crippen LogP contribution in [0.15, 0.2) is 18.2 Å². The first kappa shape index (κ1) is 14.8. The van der Waals surface area contributed by atoms with Crippen LogP contribution in [0.1, 0.15) is 44.1 Å². The number of nitrogens with one attached hydrogen (secondary N) is 1. The fourth-order valence-corrected chi connectivity index (χ4v) is 3.30. The van der Waals surface area contributed by atoms with E-state index in [1.807, 2.05) is 6.07 Å². The van der Waals surface area contributed by atoms with Crippen LogP contribution in [0.4, 0.5) is 10.1 Å². The van der Waals surface area contributed by atoms with Crippen LogP contribution in [-0.4, -0.2) is 30.3 Å². The highest BCUT2D eigenvalue weighted by Gasteiger charge is 2.27. The third kappa shape index (κ3) is 3.74. The van der Waals surface area contributed by atoms with Gasteiger partial charge in [0, 0.05) is 37.5 Å². The Bertz CT molecular complexity index is 476. The highest BCUT2D eigenvalue weighted by Crippen LogP contribution is 2.32. The number of hydrogen-bond donors (Lipinski definition) is 2. The zero-order chi connectivity index (χ0) is 14.7. The average molecular weight is 292 g/mol. The van der Waals surface area contributed by atoms with E-state index in [0.717, 1.165) is 31.5 Å². The predicted molar refractivity (Wildman–Crippen MR) is 82.9 cm³/mol. The summed E-state index contributed by atoms with van der Waals surface area (Å²) in [6, 6.07) is 6.28. The molecule has 116 valence electrons. The summed E-state index contributed by atoms with van der Waals surface area (Å²) in [4.78, 5) is 2.42. The molecule has 2 aliphatic rings. The summed E-state index contributed by atoms with van der Waals surface area (Å²) in [5, 5.41) is 12.5. The predicted octanol–water partition coefficient (Wildman–Crippen LogP) is 2.82. The first-order valence-electron chi connectivity index (χ1n) is 8.17. The molecule has 1 unspecified atom stereocenters. The second kappa shape index (κ2) is 6.75. The summed E-state index contributed by atoms with van der Waals surface area (Å²) < 4.78 is 13.6. The van der Waals surface area contributed by atoms with Gasteiger partial charge in [0.15, 0.2) is 0 Å². The van der Waals surface area contributed by atoms with Gasteiger partial charge in [0.1, 0.15) is 5.82 Å². The van der Waals surface area contributed by atoms with E-state index in [1.54, 1.807) is 12.1 Å². The summed E-state index contributed by atoms with van der Waals surface area (Å²) >= 11 is 0. The van der Waals surface area contributed by atoms with Gasteiger partial charge >= 0.3 is 0 Å². The van der Waals surface area contributed by atoms with Gasteiger partial charge in [0.2, 0.25) is 0 Å². The van der Waals surface area contributed by atoms with Crippen molar-refractivity contribution in [1.29, 1.82) is 0 Å². The summed E-state index contributed by atoms with van der Waals surface area (Å²) in [6.45, 7) is 2.04. The fourth-order valence-electron chi connectivity index (χ4n) is 3.30. The second-order valence-corrected chi connectivity index (χ2v) is 6.28. The number of aliphatic hydroxyl groups is 1. The van der Waals surface area contributed by atoms with Crippen molar-refractivity contribution in [3.8, 4) is 0 Å². The van der Waals surface area contributed by atoms with Crippen LogP contribution >= 0.6 is 0 Å². The monoisotopic (exact) mass is 292 g/mol. The minimum absolute atomic E-state index is 0.155. The third-order valence-corrected chi connectivity index (χ3v) is 4.58. The molecule has 0 spiro atoms. The molecule has 1 aromatic carbocycles. The molecular formula is C17H25FN2O. The molecule has 1 aliphatic carbocycles. The number of nitrogens with zero attached hydrogens (tertiary/aromatic N) is 1. The van der Waals surface area contributed by atoms with E-state index in [1.165, 1.54) is 31.4 Å². The van der Waals surface area contributed by atoms with Crippen molar-refractivity contribution in [1.82, 2.24) is 5.32 Å². The molecule has 4 heteroatoms. The lowest BCUT2D eigenvalue weighted by Crippen LogP contribution is -2.31. The lowest BCUT2D eigenvalue weighted by Gasteiger charge is -2.29. The molecule has 21 heavy (non-hydrogen) atoms. The number of rotatable bonds is 7. The van der Waals surface area contributed by atoms with Crippen LogP contribution < -0.4 is 10.2 Å². The molecular weight excluding hydrogens is 267 g/mol. The molecule has 1 saturated heterocycles. The van der Waals surface area contributed by atoms with Crippen LogP contribution in [0.2, 0.25) is 0 Å². The maximum absolute atomic E-state index is 13.6. The van der Waals surface area contributed by atoms with Gasteiger partial charge in [0.05, 0.1) is 0 Å². The lowest BCUT2D eigenvalue weighted by molar-refractivity contribution is 0.279. The molecule has 0 amide bonds. The third-order valence-electron chi connectivity index (χ3n) is 4.58. The van der Waals surface area contributed by atoms with Gasteiger partial charge in [-0.15, -0.1) is 0 Å². The standard InChI is InChI=1S/C17H25FN2O/c18-14-5-8-17(13(11-14)12-19-15-6-7-15)20-9-1-3-16(20)4-2-10-21/h5,8,11,15-16,19,21H,1-4,6-7,9-10,12H2. The summed E-state index contributed by atoms with van der Waals surface area (Å²) in [5.74, 6) is -0.155. The zero-order valence-electron chi connectivity index (χ0n) is 12.5. The summed E-state index contributed by atoms with van der Waals surface area (Å²) in [7, 11) is 0. The normalized spacial score (nSPS) is 22.0. The Labute approximate surface area is 126 Å². The first-order chi connectivity index (χ1) is 10.3. The van der Waals surface area contributed by atoms with Gasteiger partial charge in [-0.3, -0.25) is 0 Å². The van der Waals surface area contributed by atoms with E-state index in [-0.39, 0.29) is 12.4 Å². The Kier molecular flexibility index (Phi) is 4.76. The molecule has 1 heterocycles. The van der Waals surface area contributed by atoms with Crippen molar-refractivity contribution in [3.63, 3.8) is 0 Å². The molecule has 1 saturated carbocycles. The number of aliphatic hydroxyl groups excluding tert-OH is 1. The van der Waals surface area contributed by atoms with Crippen molar-refractivity contribution < 1.29 is 9.50 Å². The topological polar surface area (TPSA) is 35.5 Å². The van der Waals surface area contributed by atoms with E-state index in [2.05, 4.69) is 10.2 Å². The molecule has 0 bridgehead atoms. The summed E-state index contributed by atoms with van der Waals surface area (Å²) in [6.07, 6.45) is 6.71. The maximum Gasteiger partial charge on any atom is 0.123 e. The molecule has 2 fully saturated rings. The summed E-state index contributed by atoms with van der Waals surface area (Å²) in [5.41, 5.74) is 2.24. The zero-order valence-corrected chi connectivity index (χ0v) is 12.5.